The summed E-state index contributed by atoms with van der Waals surface area (Å²) in [6.07, 6.45) is 6.63. The number of anilines is 1. The van der Waals surface area contributed by atoms with E-state index < -0.39 is 0 Å². The molecule has 0 radical (unpaired) electrons. The van der Waals surface area contributed by atoms with Crippen molar-refractivity contribution < 1.29 is 0 Å². The maximum atomic E-state index is 5.89. The Hall–Kier alpha value is -1.02. The van der Waals surface area contributed by atoms with Crippen LogP contribution < -0.4 is 10.6 Å². The molecule has 1 atom stereocenters. The third kappa shape index (κ3) is 3.97. The molecule has 19 heavy (non-hydrogen) atoms. The van der Waals surface area contributed by atoms with E-state index in [2.05, 4.69) is 44.0 Å². The zero-order chi connectivity index (χ0) is 13.8. The van der Waals surface area contributed by atoms with Gasteiger partial charge in [-0.2, -0.15) is 0 Å². The Morgan fingerprint density at radius 2 is 2.00 bits per heavy atom. The molecular formula is C17H28N2. The first kappa shape index (κ1) is 14.4. The molecule has 1 aliphatic carbocycles. The van der Waals surface area contributed by atoms with E-state index in [0.717, 1.165) is 12.3 Å². The fourth-order valence-corrected chi connectivity index (χ4v) is 3.18. The standard InChI is InChI=1S/C17H28N2/c1-13-10-17(9-8-16(13)11-14(2)18)19(3)12-15-6-4-5-7-15/h8-10,14-15H,4-7,11-12,18H2,1-3H3. The van der Waals surface area contributed by atoms with E-state index >= 15 is 0 Å². The molecule has 1 aromatic carbocycles. The van der Waals surface area contributed by atoms with Crippen molar-refractivity contribution in [2.75, 3.05) is 18.5 Å². The van der Waals surface area contributed by atoms with E-state index in [1.54, 1.807) is 0 Å². The lowest BCUT2D eigenvalue weighted by Crippen LogP contribution is -2.24. The third-order valence-electron chi connectivity index (χ3n) is 4.32. The van der Waals surface area contributed by atoms with Crippen molar-refractivity contribution >= 4 is 5.69 Å². The molecule has 0 aliphatic heterocycles. The summed E-state index contributed by atoms with van der Waals surface area (Å²) in [4.78, 5) is 2.42. The normalized spacial score (nSPS) is 17.7. The van der Waals surface area contributed by atoms with Gasteiger partial charge in [-0.05, 0) is 62.3 Å². The fourth-order valence-electron chi connectivity index (χ4n) is 3.18. The highest BCUT2D eigenvalue weighted by Gasteiger charge is 2.17. The zero-order valence-corrected chi connectivity index (χ0v) is 12.7. The highest BCUT2D eigenvalue weighted by molar-refractivity contribution is 5.50. The van der Waals surface area contributed by atoms with Crippen LogP contribution >= 0.6 is 0 Å². The average molecular weight is 260 g/mol. The van der Waals surface area contributed by atoms with Crippen molar-refractivity contribution in [2.24, 2.45) is 11.7 Å². The Kier molecular flexibility index (Phi) is 4.87. The number of hydrogen-bond acceptors (Lipinski definition) is 2. The molecular weight excluding hydrogens is 232 g/mol. The summed E-state index contributed by atoms with van der Waals surface area (Å²) >= 11 is 0. The maximum absolute atomic E-state index is 5.89. The SMILES string of the molecule is Cc1cc(N(C)CC2CCCC2)ccc1CC(C)N. The summed E-state index contributed by atoms with van der Waals surface area (Å²) in [5.74, 6) is 0.897. The molecule has 0 amide bonds. The van der Waals surface area contributed by atoms with Crippen molar-refractivity contribution in [2.45, 2.75) is 52.0 Å². The number of benzene rings is 1. The fraction of sp³-hybridized carbons (Fsp3) is 0.647. The Balaban J connectivity index is 2.01. The van der Waals surface area contributed by atoms with E-state index in [1.165, 1.54) is 49.0 Å². The van der Waals surface area contributed by atoms with Gasteiger partial charge < -0.3 is 10.6 Å². The van der Waals surface area contributed by atoms with Gasteiger partial charge in [0.15, 0.2) is 0 Å². The number of rotatable bonds is 5. The first-order valence-corrected chi connectivity index (χ1v) is 7.62. The minimum atomic E-state index is 0.237. The number of aryl methyl sites for hydroxylation is 1. The Labute approximate surface area is 118 Å². The third-order valence-corrected chi connectivity index (χ3v) is 4.32. The lowest BCUT2D eigenvalue weighted by Gasteiger charge is -2.24. The van der Waals surface area contributed by atoms with E-state index in [1.807, 2.05) is 0 Å². The molecule has 0 bridgehead atoms. The van der Waals surface area contributed by atoms with Crippen LogP contribution in [0.1, 0.15) is 43.7 Å². The van der Waals surface area contributed by atoms with Crippen molar-refractivity contribution in [1.29, 1.82) is 0 Å². The van der Waals surface area contributed by atoms with E-state index in [0.29, 0.717) is 0 Å². The van der Waals surface area contributed by atoms with Gasteiger partial charge in [0.25, 0.3) is 0 Å². The summed E-state index contributed by atoms with van der Waals surface area (Å²) in [6.45, 7) is 5.47. The van der Waals surface area contributed by atoms with E-state index in [4.69, 9.17) is 5.73 Å². The molecule has 1 saturated carbocycles. The van der Waals surface area contributed by atoms with Gasteiger partial charge >= 0.3 is 0 Å². The zero-order valence-electron chi connectivity index (χ0n) is 12.7. The topological polar surface area (TPSA) is 29.3 Å². The molecule has 0 spiro atoms. The highest BCUT2D eigenvalue weighted by Crippen LogP contribution is 2.27. The van der Waals surface area contributed by atoms with Crippen LogP contribution in [0.25, 0.3) is 0 Å². The van der Waals surface area contributed by atoms with Gasteiger partial charge in [-0.1, -0.05) is 18.9 Å². The molecule has 2 N–H and O–H groups in total. The van der Waals surface area contributed by atoms with Crippen LogP contribution in [0.2, 0.25) is 0 Å². The van der Waals surface area contributed by atoms with Crippen molar-refractivity contribution in [1.82, 2.24) is 0 Å². The molecule has 2 nitrogen and oxygen atoms in total. The Morgan fingerprint density at radius 1 is 1.32 bits per heavy atom. The molecule has 2 rings (SSSR count). The Bertz CT molecular complexity index is 406. The van der Waals surface area contributed by atoms with Crippen LogP contribution in [0, 0.1) is 12.8 Å². The number of hydrogen-bond donors (Lipinski definition) is 1. The van der Waals surface area contributed by atoms with Gasteiger partial charge in [-0.3, -0.25) is 0 Å². The molecule has 1 unspecified atom stereocenters. The summed E-state index contributed by atoms with van der Waals surface area (Å²) < 4.78 is 0. The Morgan fingerprint density at radius 3 is 2.58 bits per heavy atom. The summed E-state index contributed by atoms with van der Waals surface area (Å²) in [6, 6.07) is 7.05. The molecule has 0 heterocycles. The van der Waals surface area contributed by atoms with Gasteiger partial charge in [0, 0.05) is 25.3 Å². The number of nitrogens with two attached hydrogens (primary N) is 1. The van der Waals surface area contributed by atoms with E-state index in [9.17, 15) is 0 Å². The summed E-state index contributed by atoms with van der Waals surface area (Å²) in [5, 5.41) is 0. The highest BCUT2D eigenvalue weighted by atomic mass is 15.1. The molecule has 106 valence electrons. The smallest absolute Gasteiger partial charge is 0.0366 e. The summed E-state index contributed by atoms with van der Waals surface area (Å²) in [5.41, 5.74) is 9.99. The second kappa shape index (κ2) is 6.42. The van der Waals surface area contributed by atoms with Gasteiger partial charge in [0.2, 0.25) is 0 Å². The first-order chi connectivity index (χ1) is 9.06. The molecule has 0 saturated heterocycles. The maximum Gasteiger partial charge on any atom is 0.0366 e. The average Bonchev–Trinajstić information content (AvgIpc) is 2.84. The van der Waals surface area contributed by atoms with Crippen molar-refractivity contribution in [3.63, 3.8) is 0 Å². The summed E-state index contributed by atoms with van der Waals surface area (Å²) in [7, 11) is 2.22. The molecule has 2 heteroatoms. The van der Waals surface area contributed by atoms with Crippen LogP contribution in [0.3, 0.4) is 0 Å². The molecule has 0 aromatic heterocycles. The quantitative estimate of drug-likeness (QED) is 0.878. The van der Waals surface area contributed by atoms with Gasteiger partial charge in [0.1, 0.15) is 0 Å². The van der Waals surface area contributed by atoms with Gasteiger partial charge in [-0.25, -0.2) is 0 Å². The van der Waals surface area contributed by atoms with Crippen LogP contribution in [-0.2, 0) is 6.42 Å². The van der Waals surface area contributed by atoms with Crippen LogP contribution in [0.5, 0.6) is 0 Å². The predicted molar refractivity (Wildman–Crippen MR) is 83.8 cm³/mol. The van der Waals surface area contributed by atoms with E-state index in [-0.39, 0.29) is 6.04 Å². The largest absolute Gasteiger partial charge is 0.374 e. The number of nitrogens with zero attached hydrogens (tertiary/aromatic N) is 1. The first-order valence-electron chi connectivity index (χ1n) is 7.62. The predicted octanol–water partition coefficient (Wildman–Crippen LogP) is 3.51. The monoisotopic (exact) mass is 260 g/mol. The van der Waals surface area contributed by atoms with Crippen molar-refractivity contribution in [3.8, 4) is 0 Å². The second-order valence-corrected chi connectivity index (χ2v) is 6.32. The molecule has 1 fully saturated rings. The van der Waals surface area contributed by atoms with Crippen LogP contribution in [0.4, 0.5) is 5.69 Å². The lowest BCUT2D eigenvalue weighted by molar-refractivity contribution is 0.547. The lowest BCUT2D eigenvalue weighted by atomic mass is 10.0. The van der Waals surface area contributed by atoms with Crippen LogP contribution in [0.15, 0.2) is 18.2 Å². The van der Waals surface area contributed by atoms with Gasteiger partial charge in [-0.15, -0.1) is 0 Å². The minimum Gasteiger partial charge on any atom is -0.374 e. The van der Waals surface area contributed by atoms with Crippen LogP contribution in [-0.4, -0.2) is 19.6 Å². The van der Waals surface area contributed by atoms with Crippen molar-refractivity contribution in [3.05, 3.63) is 29.3 Å². The molecule has 1 aromatic rings. The van der Waals surface area contributed by atoms with Gasteiger partial charge in [0.05, 0.1) is 0 Å². The minimum absolute atomic E-state index is 0.237. The molecule has 1 aliphatic rings. The second-order valence-electron chi connectivity index (χ2n) is 6.32.